The maximum absolute atomic E-state index is 12.2. The Balaban J connectivity index is 1.63. The van der Waals surface area contributed by atoms with E-state index >= 15 is 0 Å². The Morgan fingerprint density at radius 3 is 2.65 bits per heavy atom. The highest BCUT2D eigenvalue weighted by molar-refractivity contribution is 5.91. The maximum Gasteiger partial charge on any atom is 0.292 e. The van der Waals surface area contributed by atoms with Gasteiger partial charge in [0.25, 0.3) is 5.91 Å². The average Bonchev–Trinajstić information content (AvgIpc) is 2.94. The SMILES string of the molecule is Cc1cc(C(=O)N2CCN(c3cnccn3)CC2)on1. The van der Waals surface area contributed by atoms with Crippen LogP contribution in [-0.4, -0.2) is 52.1 Å². The van der Waals surface area contributed by atoms with Crippen LogP contribution in [0.25, 0.3) is 0 Å². The average molecular weight is 273 g/mol. The lowest BCUT2D eigenvalue weighted by molar-refractivity contribution is 0.0704. The quantitative estimate of drug-likeness (QED) is 0.803. The molecule has 2 aromatic rings. The molecule has 0 spiro atoms. The van der Waals surface area contributed by atoms with E-state index in [1.165, 1.54) is 0 Å². The Morgan fingerprint density at radius 2 is 2.05 bits per heavy atom. The van der Waals surface area contributed by atoms with Crippen molar-refractivity contribution < 1.29 is 9.32 Å². The molecule has 0 aliphatic carbocycles. The summed E-state index contributed by atoms with van der Waals surface area (Å²) >= 11 is 0. The van der Waals surface area contributed by atoms with E-state index in [-0.39, 0.29) is 5.91 Å². The van der Waals surface area contributed by atoms with Gasteiger partial charge in [-0.15, -0.1) is 0 Å². The molecule has 0 radical (unpaired) electrons. The molecule has 0 unspecified atom stereocenters. The second-order valence-electron chi connectivity index (χ2n) is 4.68. The summed E-state index contributed by atoms with van der Waals surface area (Å²) in [5.74, 6) is 1.04. The van der Waals surface area contributed by atoms with E-state index in [4.69, 9.17) is 4.52 Å². The summed E-state index contributed by atoms with van der Waals surface area (Å²) in [4.78, 5) is 24.4. The molecule has 7 nitrogen and oxygen atoms in total. The Kier molecular flexibility index (Phi) is 3.32. The number of aryl methyl sites for hydroxylation is 1. The summed E-state index contributed by atoms with van der Waals surface area (Å²) in [5.41, 5.74) is 0.714. The molecule has 20 heavy (non-hydrogen) atoms. The molecule has 7 heteroatoms. The first-order valence-corrected chi connectivity index (χ1v) is 6.47. The minimum atomic E-state index is -0.107. The summed E-state index contributed by atoms with van der Waals surface area (Å²) in [7, 11) is 0. The van der Waals surface area contributed by atoms with Gasteiger partial charge in [-0.1, -0.05) is 5.16 Å². The number of rotatable bonds is 2. The number of carbonyl (C=O) groups excluding carboxylic acids is 1. The molecule has 0 saturated carbocycles. The lowest BCUT2D eigenvalue weighted by Crippen LogP contribution is -2.49. The van der Waals surface area contributed by atoms with E-state index in [1.54, 1.807) is 36.5 Å². The number of hydrogen-bond donors (Lipinski definition) is 0. The predicted octanol–water partition coefficient (Wildman–Crippen LogP) is 0.735. The summed E-state index contributed by atoms with van der Waals surface area (Å²) in [6, 6.07) is 1.66. The zero-order valence-corrected chi connectivity index (χ0v) is 11.2. The van der Waals surface area contributed by atoms with Crippen LogP contribution in [0.1, 0.15) is 16.2 Å². The molecule has 1 aliphatic heterocycles. The van der Waals surface area contributed by atoms with E-state index in [2.05, 4.69) is 20.0 Å². The fraction of sp³-hybridized carbons (Fsp3) is 0.385. The fourth-order valence-electron chi connectivity index (χ4n) is 2.21. The second kappa shape index (κ2) is 5.28. The van der Waals surface area contributed by atoms with Gasteiger partial charge in [-0.25, -0.2) is 4.98 Å². The molecule has 1 aliphatic rings. The van der Waals surface area contributed by atoms with Crippen LogP contribution < -0.4 is 4.90 Å². The smallest absolute Gasteiger partial charge is 0.292 e. The molecular weight excluding hydrogens is 258 g/mol. The van der Waals surface area contributed by atoms with E-state index in [9.17, 15) is 4.79 Å². The molecule has 1 fully saturated rings. The topological polar surface area (TPSA) is 75.4 Å². The van der Waals surface area contributed by atoms with Crippen LogP contribution in [0.4, 0.5) is 5.82 Å². The Morgan fingerprint density at radius 1 is 1.25 bits per heavy atom. The van der Waals surface area contributed by atoms with Gasteiger partial charge in [0, 0.05) is 44.6 Å². The van der Waals surface area contributed by atoms with Gasteiger partial charge in [0.1, 0.15) is 5.82 Å². The molecule has 3 rings (SSSR count). The minimum Gasteiger partial charge on any atom is -0.352 e. The monoisotopic (exact) mass is 273 g/mol. The highest BCUT2D eigenvalue weighted by Gasteiger charge is 2.25. The lowest BCUT2D eigenvalue weighted by atomic mass is 10.2. The first-order chi connectivity index (χ1) is 9.74. The molecule has 104 valence electrons. The summed E-state index contributed by atoms with van der Waals surface area (Å²) in [6.45, 7) is 4.53. The third-order valence-electron chi connectivity index (χ3n) is 3.28. The minimum absolute atomic E-state index is 0.107. The fourth-order valence-corrected chi connectivity index (χ4v) is 2.21. The van der Waals surface area contributed by atoms with Crippen molar-refractivity contribution in [2.24, 2.45) is 0 Å². The van der Waals surface area contributed by atoms with E-state index < -0.39 is 0 Å². The van der Waals surface area contributed by atoms with Crippen LogP contribution in [0.5, 0.6) is 0 Å². The molecule has 2 aromatic heterocycles. The Labute approximate surface area is 116 Å². The number of aromatic nitrogens is 3. The third kappa shape index (κ3) is 2.47. The number of nitrogens with zero attached hydrogens (tertiary/aromatic N) is 5. The molecule has 3 heterocycles. The zero-order chi connectivity index (χ0) is 13.9. The van der Waals surface area contributed by atoms with Crippen LogP contribution >= 0.6 is 0 Å². The molecule has 1 amide bonds. The van der Waals surface area contributed by atoms with Crippen molar-refractivity contribution in [1.29, 1.82) is 0 Å². The first kappa shape index (κ1) is 12.6. The molecule has 0 N–H and O–H groups in total. The normalized spacial score (nSPS) is 15.4. The van der Waals surface area contributed by atoms with Crippen molar-refractivity contribution in [3.05, 3.63) is 36.1 Å². The number of anilines is 1. The van der Waals surface area contributed by atoms with E-state index in [0.29, 0.717) is 24.5 Å². The summed E-state index contributed by atoms with van der Waals surface area (Å²) < 4.78 is 5.01. The van der Waals surface area contributed by atoms with Crippen LogP contribution in [0, 0.1) is 6.92 Å². The van der Waals surface area contributed by atoms with Gasteiger partial charge in [-0.05, 0) is 6.92 Å². The highest BCUT2D eigenvalue weighted by Crippen LogP contribution is 2.14. The number of amides is 1. The number of piperazine rings is 1. The standard InChI is InChI=1S/C13H15N5O2/c1-10-8-11(20-16-10)13(19)18-6-4-17(5-7-18)12-9-14-2-3-15-12/h2-3,8-9H,4-7H2,1H3. The van der Waals surface area contributed by atoms with Gasteiger partial charge in [-0.3, -0.25) is 9.78 Å². The van der Waals surface area contributed by atoms with Crippen molar-refractivity contribution in [1.82, 2.24) is 20.0 Å². The van der Waals surface area contributed by atoms with Gasteiger partial charge in [0.05, 0.1) is 11.9 Å². The molecular formula is C13H15N5O2. The van der Waals surface area contributed by atoms with E-state index in [1.807, 2.05) is 0 Å². The van der Waals surface area contributed by atoms with Crippen molar-refractivity contribution in [3.63, 3.8) is 0 Å². The maximum atomic E-state index is 12.2. The second-order valence-corrected chi connectivity index (χ2v) is 4.68. The Bertz CT molecular complexity index is 590. The predicted molar refractivity (Wildman–Crippen MR) is 71.4 cm³/mol. The largest absolute Gasteiger partial charge is 0.352 e. The molecule has 0 atom stereocenters. The highest BCUT2D eigenvalue weighted by atomic mass is 16.5. The van der Waals surface area contributed by atoms with Gasteiger partial charge in [0.2, 0.25) is 5.76 Å². The number of hydrogen-bond acceptors (Lipinski definition) is 6. The Hall–Kier alpha value is -2.44. The van der Waals surface area contributed by atoms with Crippen molar-refractivity contribution >= 4 is 11.7 Å². The van der Waals surface area contributed by atoms with Gasteiger partial charge < -0.3 is 14.3 Å². The third-order valence-corrected chi connectivity index (χ3v) is 3.28. The summed E-state index contributed by atoms with van der Waals surface area (Å²) in [5, 5.41) is 3.74. The van der Waals surface area contributed by atoms with Crippen molar-refractivity contribution in [2.45, 2.75) is 6.92 Å². The van der Waals surface area contributed by atoms with Crippen LogP contribution in [0.2, 0.25) is 0 Å². The molecule has 0 bridgehead atoms. The van der Waals surface area contributed by atoms with E-state index in [0.717, 1.165) is 18.9 Å². The molecule has 1 saturated heterocycles. The van der Waals surface area contributed by atoms with Gasteiger partial charge in [0.15, 0.2) is 0 Å². The zero-order valence-electron chi connectivity index (χ0n) is 11.2. The van der Waals surface area contributed by atoms with Gasteiger partial charge >= 0.3 is 0 Å². The van der Waals surface area contributed by atoms with Crippen LogP contribution in [0.15, 0.2) is 29.2 Å². The lowest BCUT2D eigenvalue weighted by Gasteiger charge is -2.34. The first-order valence-electron chi connectivity index (χ1n) is 6.47. The number of carbonyl (C=O) groups is 1. The van der Waals surface area contributed by atoms with Gasteiger partial charge in [-0.2, -0.15) is 0 Å². The summed E-state index contributed by atoms with van der Waals surface area (Å²) in [6.07, 6.45) is 5.05. The van der Waals surface area contributed by atoms with Crippen molar-refractivity contribution in [3.8, 4) is 0 Å². The molecule has 0 aromatic carbocycles. The van der Waals surface area contributed by atoms with Crippen LogP contribution in [-0.2, 0) is 0 Å². The van der Waals surface area contributed by atoms with Crippen LogP contribution in [0.3, 0.4) is 0 Å². The van der Waals surface area contributed by atoms with Crippen molar-refractivity contribution in [2.75, 3.05) is 31.1 Å².